The molecule has 0 aliphatic heterocycles. The Morgan fingerprint density at radius 1 is 0.944 bits per heavy atom. The van der Waals surface area contributed by atoms with Crippen molar-refractivity contribution in [2.45, 2.75) is 59.3 Å². The molecule has 0 bridgehead atoms. The van der Waals surface area contributed by atoms with E-state index in [4.69, 9.17) is 9.47 Å². The molecule has 4 nitrogen and oxygen atoms in total. The highest BCUT2D eigenvalue weighted by molar-refractivity contribution is 5.72. The molecule has 0 radical (unpaired) electrons. The Labute approximate surface area is 110 Å². The number of hydrogen-bond donors (Lipinski definition) is 0. The molecule has 1 atom stereocenters. The summed E-state index contributed by atoms with van der Waals surface area (Å²) in [5, 5.41) is 0. The van der Waals surface area contributed by atoms with Gasteiger partial charge in [-0.1, -0.05) is 19.8 Å². The summed E-state index contributed by atoms with van der Waals surface area (Å²) in [6, 6.07) is 0. The van der Waals surface area contributed by atoms with Gasteiger partial charge in [0.05, 0.1) is 19.1 Å². The van der Waals surface area contributed by atoms with Gasteiger partial charge in [0.2, 0.25) is 0 Å². The lowest BCUT2D eigenvalue weighted by Crippen LogP contribution is -2.17. The number of carbonyl (C=O) groups is 2. The topological polar surface area (TPSA) is 52.6 Å². The van der Waals surface area contributed by atoms with E-state index in [1.54, 1.807) is 6.92 Å². The zero-order chi connectivity index (χ0) is 13.8. The monoisotopic (exact) mass is 258 g/mol. The van der Waals surface area contributed by atoms with Crippen LogP contribution in [0.25, 0.3) is 0 Å². The van der Waals surface area contributed by atoms with E-state index in [-0.39, 0.29) is 17.9 Å². The standard InChI is InChI=1S/C14H26O4/c1-4-9-12(14(16)18-6-3)10-7-8-11-13(15)17-5-2/h12H,4-11H2,1-3H3. The number of rotatable bonds is 10. The minimum Gasteiger partial charge on any atom is -0.466 e. The maximum Gasteiger partial charge on any atom is 0.308 e. The molecule has 106 valence electrons. The molecule has 0 fully saturated rings. The Morgan fingerprint density at radius 2 is 1.61 bits per heavy atom. The minimum atomic E-state index is -0.152. The Kier molecular flexibility index (Phi) is 10.4. The van der Waals surface area contributed by atoms with Gasteiger partial charge >= 0.3 is 11.9 Å². The van der Waals surface area contributed by atoms with Gasteiger partial charge in [-0.2, -0.15) is 0 Å². The predicted octanol–water partition coefficient (Wildman–Crippen LogP) is 3.09. The van der Waals surface area contributed by atoms with Gasteiger partial charge in [-0.3, -0.25) is 9.59 Å². The third-order valence-corrected chi connectivity index (χ3v) is 2.75. The van der Waals surface area contributed by atoms with Gasteiger partial charge in [0.15, 0.2) is 0 Å². The summed E-state index contributed by atoms with van der Waals surface area (Å²) in [6.07, 6.45) is 4.71. The molecule has 4 heteroatoms. The van der Waals surface area contributed by atoms with Crippen molar-refractivity contribution < 1.29 is 19.1 Å². The Morgan fingerprint density at radius 3 is 2.17 bits per heavy atom. The highest BCUT2D eigenvalue weighted by atomic mass is 16.5. The molecule has 0 aromatic rings. The third-order valence-electron chi connectivity index (χ3n) is 2.75. The van der Waals surface area contributed by atoms with Crippen LogP contribution in [0.15, 0.2) is 0 Å². The second-order valence-corrected chi connectivity index (χ2v) is 4.29. The molecule has 0 rings (SSSR count). The van der Waals surface area contributed by atoms with E-state index >= 15 is 0 Å². The summed E-state index contributed by atoms with van der Waals surface area (Å²) < 4.78 is 9.89. The molecule has 0 aliphatic carbocycles. The summed E-state index contributed by atoms with van der Waals surface area (Å²) in [7, 11) is 0. The summed E-state index contributed by atoms with van der Waals surface area (Å²) in [6.45, 7) is 6.55. The van der Waals surface area contributed by atoms with Crippen LogP contribution in [-0.2, 0) is 19.1 Å². The number of hydrogen-bond acceptors (Lipinski definition) is 4. The lowest BCUT2D eigenvalue weighted by molar-refractivity contribution is -0.148. The van der Waals surface area contributed by atoms with Crippen molar-refractivity contribution in [3.05, 3.63) is 0 Å². The largest absolute Gasteiger partial charge is 0.466 e. The third kappa shape index (κ3) is 8.09. The van der Waals surface area contributed by atoms with Crippen LogP contribution in [0, 0.1) is 5.92 Å². The fourth-order valence-corrected chi connectivity index (χ4v) is 1.88. The Balaban J connectivity index is 3.83. The first-order chi connectivity index (χ1) is 8.65. The molecule has 18 heavy (non-hydrogen) atoms. The number of carbonyl (C=O) groups excluding carboxylic acids is 2. The van der Waals surface area contributed by atoms with E-state index in [1.165, 1.54) is 0 Å². The molecule has 1 unspecified atom stereocenters. The van der Waals surface area contributed by atoms with Crippen molar-refractivity contribution in [2.75, 3.05) is 13.2 Å². The molecule has 0 aliphatic rings. The first-order valence-corrected chi connectivity index (χ1v) is 6.97. The van der Waals surface area contributed by atoms with E-state index < -0.39 is 0 Å². The Bertz CT molecular complexity index is 238. The fourth-order valence-electron chi connectivity index (χ4n) is 1.88. The summed E-state index contributed by atoms with van der Waals surface area (Å²) >= 11 is 0. The van der Waals surface area contributed by atoms with Crippen molar-refractivity contribution in [1.29, 1.82) is 0 Å². The van der Waals surface area contributed by atoms with Gasteiger partial charge in [-0.25, -0.2) is 0 Å². The predicted molar refractivity (Wildman–Crippen MR) is 70.1 cm³/mol. The van der Waals surface area contributed by atoms with E-state index in [0.29, 0.717) is 19.6 Å². The van der Waals surface area contributed by atoms with Gasteiger partial charge in [0.1, 0.15) is 0 Å². The van der Waals surface area contributed by atoms with Crippen LogP contribution < -0.4 is 0 Å². The maximum atomic E-state index is 11.6. The van der Waals surface area contributed by atoms with Crippen molar-refractivity contribution in [3.8, 4) is 0 Å². The molecule has 0 aromatic carbocycles. The van der Waals surface area contributed by atoms with Crippen LogP contribution in [0.5, 0.6) is 0 Å². The Hall–Kier alpha value is -1.06. The second-order valence-electron chi connectivity index (χ2n) is 4.29. The van der Waals surface area contributed by atoms with E-state index in [9.17, 15) is 9.59 Å². The van der Waals surface area contributed by atoms with Gasteiger partial charge in [0, 0.05) is 6.42 Å². The van der Waals surface area contributed by atoms with E-state index in [0.717, 1.165) is 32.1 Å². The fraction of sp³-hybridized carbons (Fsp3) is 0.857. The van der Waals surface area contributed by atoms with Gasteiger partial charge in [-0.15, -0.1) is 0 Å². The SMILES string of the molecule is CCCC(CCCCC(=O)OCC)C(=O)OCC. The lowest BCUT2D eigenvalue weighted by atomic mass is 9.96. The first-order valence-electron chi connectivity index (χ1n) is 6.97. The van der Waals surface area contributed by atoms with E-state index in [1.807, 2.05) is 6.92 Å². The molecular formula is C14H26O4. The lowest BCUT2D eigenvalue weighted by Gasteiger charge is -2.14. The number of ether oxygens (including phenoxy) is 2. The number of esters is 2. The molecule has 0 spiro atoms. The minimum absolute atomic E-state index is 0.0165. The molecule has 0 aromatic heterocycles. The van der Waals surface area contributed by atoms with Gasteiger partial charge in [-0.05, 0) is 33.1 Å². The molecule has 0 saturated carbocycles. The second kappa shape index (κ2) is 11.1. The van der Waals surface area contributed by atoms with Crippen molar-refractivity contribution in [3.63, 3.8) is 0 Å². The molecule has 0 saturated heterocycles. The van der Waals surface area contributed by atoms with Crippen LogP contribution in [0.4, 0.5) is 0 Å². The van der Waals surface area contributed by atoms with E-state index in [2.05, 4.69) is 6.92 Å². The normalized spacial score (nSPS) is 11.9. The summed E-state index contributed by atoms with van der Waals surface area (Å²) in [5.41, 5.74) is 0. The van der Waals surface area contributed by atoms with Crippen LogP contribution in [-0.4, -0.2) is 25.2 Å². The summed E-state index contributed by atoms with van der Waals surface area (Å²) in [4.78, 5) is 22.8. The molecule has 0 heterocycles. The zero-order valence-corrected chi connectivity index (χ0v) is 11.9. The molecular weight excluding hydrogens is 232 g/mol. The van der Waals surface area contributed by atoms with Gasteiger partial charge in [0.25, 0.3) is 0 Å². The average Bonchev–Trinajstić information content (AvgIpc) is 2.33. The zero-order valence-electron chi connectivity index (χ0n) is 11.9. The highest BCUT2D eigenvalue weighted by Gasteiger charge is 2.18. The maximum absolute atomic E-state index is 11.6. The quantitative estimate of drug-likeness (QED) is 0.446. The van der Waals surface area contributed by atoms with Crippen LogP contribution in [0.3, 0.4) is 0 Å². The highest BCUT2D eigenvalue weighted by Crippen LogP contribution is 2.17. The van der Waals surface area contributed by atoms with Crippen molar-refractivity contribution in [1.82, 2.24) is 0 Å². The molecule has 0 N–H and O–H groups in total. The van der Waals surface area contributed by atoms with Crippen molar-refractivity contribution in [2.24, 2.45) is 5.92 Å². The van der Waals surface area contributed by atoms with Crippen molar-refractivity contribution >= 4 is 11.9 Å². The summed E-state index contributed by atoms with van der Waals surface area (Å²) in [5.74, 6) is -0.270. The van der Waals surface area contributed by atoms with Crippen LogP contribution in [0.2, 0.25) is 0 Å². The average molecular weight is 258 g/mol. The van der Waals surface area contributed by atoms with Crippen LogP contribution >= 0.6 is 0 Å². The smallest absolute Gasteiger partial charge is 0.308 e. The first kappa shape index (κ1) is 16.9. The van der Waals surface area contributed by atoms with Gasteiger partial charge < -0.3 is 9.47 Å². The molecule has 0 amide bonds. The van der Waals surface area contributed by atoms with Crippen LogP contribution in [0.1, 0.15) is 59.3 Å². The number of unbranched alkanes of at least 4 members (excludes halogenated alkanes) is 1.